The fourth-order valence-electron chi connectivity index (χ4n) is 2.46. The zero-order valence-electron chi connectivity index (χ0n) is 11.6. The van der Waals surface area contributed by atoms with Gasteiger partial charge in [-0.1, -0.05) is 35.3 Å². The van der Waals surface area contributed by atoms with Crippen molar-refractivity contribution in [3.8, 4) is 0 Å². The van der Waals surface area contributed by atoms with E-state index in [2.05, 4.69) is 34.2 Å². The van der Waals surface area contributed by atoms with Crippen molar-refractivity contribution in [2.75, 3.05) is 18.0 Å². The van der Waals surface area contributed by atoms with Crippen LogP contribution in [-0.2, 0) is 0 Å². The summed E-state index contributed by atoms with van der Waals surface area (Å²) in [6.07, 6.45) is 4.43. The second-order valence-electron chi connectivity index (χ2n) is 5.14. The topological polar surface area (TPSA) is 15.6 Å². The van der Waals surface area contributed by atoms with Crippen molar-refractivity contribution in [1.82, 2.24) is 0 Å². The predicted octanol–water partition coefficient (Wildman–Crippen LogP) is 5.34. The van der Waals surface area contributed by atoms with Crippen molar-refractivity contribution >= 4 is 40.8 Å². The van der Waals surface area contributed by atoms with Gasteiger partial charge in [0.05, 0.1) is 15.7 Å². The molecule has 0 N–H and O–H groups in total. The molecule has 0 unspecified atom stereocenters. The molecule has 0 aliphatic carbocycles. The first-order valence-corrected chi connectivity index (χ1v) is 7.82. The number of hydrogen-bond donors (Lipinski definition) is 0. The summed E-state index contributed by atoms with van der Waals surface area (Å²) in [6.45, 7) is 2.33. The summed E-state index contributed by atoms with van der Waals surface area (Å²) >= 11 is 11.9. The van der Waals surface area contributed by atoms with Crippen molar-refractivity contribution in [2.24, 2.45) is 4.99 Å². The molecule has 1 aliphatic rings. The van der Waals surface area contributed by atoms with Gasteiger partial charge in [-0.25, -0.2) is 0 Å². The van der Waals surface area contributed by atoms with Gasteiger partial charge in [-0.2, -0.15) is 0 Å². The summed E-state index contributed by atoms with van der Waals surface area (Å²) in [5, 5.41) is 1.07. The Kier molecular flexibility index (Phi) is 4.47. The second-order valence-corrected chi connectivity index (χ2v) is 5.96. The highest BCUT2D eigenvalue weighted by Gasteiger charge is 2.11. The Morgan fingerprint density at radius 1 is 0.905 bits per heavy atom. The molecule has 2 nitrogen and oxygen atoms in total. The molecule has 0 radical (unpaired) electrons. The van der Waals surface area contributed by atoms with E-state index in [1.807, 2.05) is 12.3 Å². The molecule has 1 heterocycles. The normalized spacial score (nSPS) is 15.0. The van der Waals surface area contributed by atoms with Gasteiger partial charge in [-0.3, -0.25) is 4.99 Å². The fourth-order valence-corrected chi connectivity index (χ4v) is 2.75. The summed E-state index contributed by atoms with van der Waals surface area (Å²) in [7, 11) is 0. The highest BCUT2D eigenvalue weighted by Crippen LogP contribution is 2.26. The van der Waals surface area contributed by atoms with E-state index in [1.54, 1.807) is 12.1 Å². The predicted molar refractivity (Wildman–Crippen MR) is 91.6 cm³/mol. The minimum Gasteiger partial charge on any atom is -0.372 e. The lowest BCUT2D eigenvalue weighted by molar-refractivity contribution is 0.949. The van der Waals surface area contributed by atoms with E-state index in [-0.39, 0.29) is 0 Å². The van der Waals surface area contributed by atoms with Crippen LogP contribution in [0.1, 0.15) is 18.4 Å². The van der Waals surface area contributed by atoms with E-state index in [4.69, 9.17) is 23.2 Å². The van der Waals surface area contributed by atoms with Crippen molar-refractivity contribution < 1.29 is 0 Å². The van der Waals surface area contributed by atoms with Crippen molar-refractivity contribution in [3.63, 3.8) is 0 Å². The number of rotatable bonds is 3. The van der Waals surface area contributed by atoms with E-state index < -0.39 is 0 Å². The molecule has 0 spiro atoms. The molecule has 2 aromatic rings. The van der Waals surface area contributed by atoms with Crippen LogP contribution in [0.3, 0.4) is 0 Å². The van der Waals surface area contributed by atoms with Gasteiger partial charge in [0.1, 0.15) is 0 Å². The lowest BCUT2D eigenvalue weighted by Crippen LogP contribution is -2.17. The lowest BCUT2D eigenvalue weighted by atomic mass is 10.2. The lowest BCUT2D eigenvalue weighted by Gasteiger charge is -2.17. The van der Waals surface area contributed by atoms with Crippen LogP contribution >= 0.6 is 23.2 Å². The third-order valence-corrected chi connectivity index (χ3v) is 4.37. The minimum atomic E-state index is 0.524. The van der Waals surface area contributed by atoms with Crippen LogP contribution in [0.5, 0.6) is 0 Å². The first-order valence-electron chi connectivity index (χ1n) is 7.06. The fraction of sp³-hybridized carbons (Fsp3) is 0.235. The van der Waals surface area contributed by atoms with Gasteiger partial charge in [-0.15, -0.1) is 0 Å². The van der Waals surface area contributed by atoms with Gasteiger partial charge < -0.3 is 4.90 Å². The first kappa shape index (κ1) is 14.4. The number of nitrogens with zero attached hydrogens (tertiary/aromatic N) is 2. The maximum atomic E-state index is 5.98. The van der Waals surface area contributed by atoms with Crippen LogP contribution in [0.25, 0.3) is 0 Å². The molecule has 4 heteroatoms. The molecule has 1 fully saturated rings. The molecule has 0 saturated carbocycles. The molecule has 0 atom stereocenters. The minimum absolute atomic E-state index is 0.524. The average molecular weight is 319 g/mol. The van der Waals surface area contributed by atoms with Crippen molar-refractivity contribution in [1.29, 1.82) is 0 Å². The number of aliphatic imine (C=N–C) groups is 1. The monoisotopic (exact) mass is 318 g/mol. The third-order valence-electron chi connectivity index (χ3n) is 3.63. The summed E-state index contributed by atoms with van der Waals surface area (Å²) < 4.78 is 0. The molecule has 2 aromatic carbocycles. The Morgan fingerprint density at radius 3 is 2.29 bits per heavy atom. The molecule has 0 bridgehead atoms. The van der Waals surface area contributed by atoms with E-state index in [9.17, 15) is 0 Å². The SMILES string of the molecule is Clc1ccc(N=Cc2ccc(N3CCCC3)cc2)cc1Cl. The Balaban J connectivity index is 1.72. The highest BCUT2D eigenvalue weighted by atomic mass is 35.5. The molecule has 108 valence electrons. The Bertz CT molecular complexity index is 644. The quantitative estimate of drug-likeness (QED) is 0.697. The van der Waals surface area contributed by atoms with Gasteiger partial charge in [-0.05, 0) is 48.7 Å². The summed E-state index contributed by atoms with van der Waals surface area (Å²) in [5.74, 6) is 0. The molecular weight excluding hydrogens is 303 g/mol. The van der Waals surface area contributed by atoms with Gasteiger partial charge in [0.15, 0.2) is 0 Å². The molecule has 0 aromatic heterocycles. The Hall–Kier alpha value is -1.51. The number of benzene rings is 2. The first-order chi connectivity index (χ1) is 10.2. The van der Waals surface area contributed by atoms with Crippen LogP contribution in [0.4, 0.5) is 11.4 Å². The summed E-state index contributed by atoms with van der Waals surface area (Å²) in [6, 6.07) is 13.9. The molecule has 3 rings (SSSR count). The van der Waals surface area contributed by atoms with Crippen LogP contribution in [0, 0.1) is 0 Å². The van der Waals surface area contributed by atoms with Crippen LogP contribution < -0.4 is 4.90 Å². The van der Waals surface area contributed by atoms with Gasteiger partial charge in [0.25, 0.3) is 0 Å². The van der Waals surface area contributed by atoms with E-state index in [1.165, 1.54) is 18.5 Å². The number of anilines is 1. The zero-order chi connectivity index (χ0) is 14.7. The molecule has 1 saturated heterocycles. The summed E-state index contributed by atoms with van der Waals surface area (Å²) in [5.41, 5.74) is 3.16. The van der Waals surface area contributed by atoms with Crippen LogP contribution in [0.2, 0.25) is 10.0 Å². The van der Waals surface area contributed by atoms with E-state index in [0.29, 0.717) is 10.0 Å². The number of hydrogen-bond acceptors (Lipinski definition) is 2. The van der Waals surface area contributed by atoms with Gasteiger partial charge in [0.2, 0.25) is 0 Å². The van der Waals surface area contributed by atoms with Crippen LogP contribution in [-0.4, -0.2) is 19.3 Å². The molecule has 1 aliphatic heterocycles. The zero-order valence-corrected chi connectivity index (χ0v) is 13.1. The Labute approximate surface area is 135 Å². The van der Waals surface area contributed by atoms with Gasteiger partial charge >= 0.3 is 0 Å². The summed E-state index contributed by atoms with van der Waals surface area (Å²) in [4.78, 5) is 6.84. The second kappa shape index (κ2) is 6.50. The largest absolute Gasteiger partial charge is 0.372 e. The smallest absolute Gasteiger partial charge is 0.0645 e. The maximum absolute atomic E-state index is 5.98. The average Bonchev–Trinajstić information content (AvgIpc) is 3.03. The van der Waals surface area contributed by atoms with E-state index in [0.717, 1.165) is 24.3 Å². The molecule has 21 heavy (non-hydrogen) atoms. The number of halogens is 2. The third kappa shape index (κ3) is 3.58. The van der Waals surface area contributed by atoms with Crippen LogP contribution in [0.15, 0.2) is 47.5 Å². The molecular formula is C17H16Cl2N2. The van der Waals surface area contributed by atoms with Crippen molar-refractivity contribution in [2.45, 2.75) is 12.8 Å². The molecule has 0 amide bonds. The standard InChI is InChI=1S/C17H16Cl2N2/c18-16-8-5-14(11-17(16)19)20-12-13-3-6-15(7-4-13)21-9-1-2-10-21/h3-8,11-12H,1-2,9-10H2. The maximum Gasteiger partial charge on any atom is 0.0645 e. The highest BCUT2D eigenvalue weighted by molar-refractivity contribution is 6.42. The van der Waals surface area contributed by atoms with Crippen molar-refractivity contribution in [3.05, 3.63) is 58.1 Å². The van der Waals surface area contributed by atoms with E-state index >= 15 is 0 Å². The Morgan fingerprint density at radius 2 is 1.62 bits per heavy atom. The van der Waals surface area contributed by atoms with Gasteiger partial charge in [0, 0.05) is 25.0 Å².